The second-order valence-electron chi connectivity index (χ2n) is 12.5. The van der Waals surface area contributed by atoms with E-state index in [0.717, 1.165) is 101 Å². The minimum Gasteiger partial charge on any atom is -0.481 e. The molecular formula is C34H40Cl2N6O4. The molecule has 12 heteroatoms. The number of hydrogen-bond acceptors (Lipinski definition) is 8. The van der Waals surface area contributed by atoms with E-state index in [9.17, 15) is 9.59 Å². The van der Waals surface area contributed by atoms with Gasteiger partial charge in [0.15, 0.2) is 0 Å². The number of carboxylic acids is 1. The first-order chi connectivity index (χ1) is 22.3. The number of pyridine rings is 2. The van der Waals surface area contributed by atoms with Gasteiger partial charge >= 0.3 is 5.97 Å². The number of ether oxygens (including phenoxy) is 1. The molecule has 1 amide bonds. The van der Waals surface area contributed by atoms with E-state index in [1.165, 1.54) is 0 Å². The van der Waals surface area contributed by atoms with Crippen LogP contribution < -0.4 is 15.0 Å². The highest BCUT2D eigenvalue weighted by molar-refractivity contribution is 6.35. The molecule has 3 aliphatic rings. The summed E-state index contributed by atoms with van der Waals surface area (Å²) in [5, 5.41) is 13.2. The fourth-order valence-corrected chi connectivity index (χ4v) is 6.62. The molecule has 2 aromatic heterocycles. The third kappa shape index (κ3) is 9.09. The van der Waals surface area contributed by atoms with Gasteiger partial charge in [-0.2, -0.15) is 0 Å². The number of nitrogens with one attached hydrogen (secondary N) is 1. The highest BCUT2D eigenvalue weighted by Gasteiger charge is 2.30. The molecule has 1 saturated carbocycles. The number of carboxylic acid groups (broad SMARTS) is 1. The number of carbonyl (C=O) groups excluding carboxylic acids is 1. The number of aromatic nitrogens is 2. The highest BCUT2D eigenvalue weighted by atomic mass is 35.5. The number of halogens is 2. The second kappa shape index (κ2) is 15.0. The lowest BCUT2D eigenvalue weighted by Crippen LogP contribution is -2.47. The van der Waals surface area contributed by atoms with Crippen molar-refractivity contribution in [1.29, 1.82) is 0 Å². The Morgan fingerprint density at radius 2 is 1.65 bits per heavy atom. The zero-order valence-electron chi connectivity index (χ0n) is 25.8. The molecular weight excluding hydrogens is 627 g/mol. The lowest BCUT2D eigenvalue weighted by atomic mass is 9.96. The van der Waals surface area contributed by atoms with Crippen molar-refractivity contribution in [1.82, 2.24) is 25.1 Å². The lowest BCUT2D eigenvalue weighted by Gasteiger charge is -2.35. The van der Waals surface area contributed by atoms with Crippen molar-refractivity contribution in [3.05, 3.63) is 64.3 Å². The van der Waals surface area contributed by atoms with E-state index in [1.807, 2.05) is 30.3 Å². The van der Waals surface area contributed by atoms with E-state index >= 15 is 0 Å². The van der Waals surface area contributed by atoms with Crippen molar-refractivity contribution >= 4 is 40.9 Å². The fourth-order valence-electron chi connectivity index (χ4n) is 6.09. The van der Waals surface area contributed by atoms with Gasteiger partial charge in [-0.25, -0.2) is 9.97 Å². The first-order valence-electron chi connectivity index (χ1n) is 16.1. The van der Waals surface area contributed by atoms with Crippen LogP contribution in [-0.4, -0.2) is 89.1 Å². The summed E-state index contributed by atoms with van der Waals surface area (Å²) in [6, 6.07) is 13.3. The van der Waals surface area contributed by atoms with Crippen LogP contribution in [0.3, 0.4) is 0 Å². The molecule has 2 aliphatic heterocycles. The molecule has 46 heavy (non-hydrogen) atoms. The van der Waals surface area contributed by atoms with Gasteiger partial charge in [0.05, 0.1) is 18.3 Å². The Hall–Kier alpha value is -3.44. The van der Waals surface area contributed by atoms with Crippen LogP contribution in [0.25, 0.3) is 11.3 Å². The van der Waals surface area contributed by atoms with E-state index in [-0.39, 0.29) is 18.2 Å². The van der Waals surface area contributed by atoms with E-state index < -0.39 is 5.97 Å². The molecule has 0 bridgehead atoms. The minimum absolute atomic E-state index is 0.158. The van der Waals surface area contributed by atoms with Crippen molar-refractivity contribution in [2.75, 3.05) is 57.3 Å². The predicted molar refractivity (Wildman–Crippen MR) is 179 cm³/mol. The minimum atomic E-state index is -0.769. The summed E-state index contributed by atoms with van der Waals surface area (Å²) >= 11 is 12.7. The fraction of sp³-hybridized carbons (Fsp3) is 0.471. The van der Waals surface area contributed by atoms with Crippen LogP contribution in [0.2, 0.25) is 10.0 Å². The number of anilines is 1. The Balaban J connectivity index is 1.11. The molecule has 0 unspecified atom stereocenters. The number of rotatable bonds is 12. The maximum absolute atomic E-state index is 12.1. The van der Waals surface area contributed by atoms with Gasteiger partial charge in [-0.3, -0.25) is 19.4 Å². The van der Waals surface area contributed by atoms with Gasteiger partial charge in [0, 0.05) is 73.4 Å². The molecule has 6 rings (SSSR count). The van der Waals surface area contributed by atoms with Crippen molar-refractivity contribution in [3.63, 3.8) is 0 Å². The largest absolute Gasteiger partial charge is 0.481 e. The van der Waals surface area contributed by atoms with Crippen LogP contribution in [-0.2, 0) is 16.1 Å². The zero-order chi connectivity index (χ0) is 32.0. The predicted octanol–water partition coefficient (Wildman–Crippen LogP) is 5.58. The monoisotopic (exact) mass is 666 g/mol. The van der Waals surface area contributed by atoms with Gasteiger partial charge in [-0.1, -0.05) is 23.2 Å². The average molecular weight is 668 g/mol. The molecule has 1 aromatic carbocycles. The van der Waals surface area contributed by atoms with Crippen LogP contribution >= 0.6 is 23.2 Å². The Morgan fingerprint density at radius 1 is 0.913 bits per heavy atom. The summed E-state index contributed by atoms with van der Waals surface area (Å²) in [5.74, 6) is 2.11. The third-order valence-corrected chi connectivity index (χ3v) is 9.36. The van der Waals surface area contributed by atoms with Crippen LogP contribution in [0.5, 0.6) is 11.6 Å². The standard InChI is InChI=1S/C34H40Cl2N6O4/c35-27-17-26(18-28(36)19-27)30-15-24(22-41-8-5-23(6-9-41)20-38-34(45)25-1-2-25)16-32(39-30)46-29-3-4-31(37-21-29)42-13-11-40(12-14-42)10-7-33(43)44/h3-4,15-19,21,23,25H,1-2,5-14,20,22H2,(H,38,45)(H,43,44). The summed E-state index contributed by atoms with van der Waals surface area (Å²) in [6.07, 6.45) is 6.03. The number of carbonyl (C=O) groups is 2. The second-order valence-corrected chi connectivity index (χ2v) is 13.4. The Kier molecular flexibility index (Phi) is 10.6. The van der Waals surface area contributed by atoms with Crippen molar-refractivity contribution in [3.8, 4) is 22.9 Å². The van der Waals surface area contributed by atoms with Gasteiger partial charge in [-0.15, -0.1) is 0 Å². The molecule has 10 nitrogen and oxygen atoms in total. The van der Waals surface area contributed by atoms with Crippen LogP contribution in [0, 0.1) is 11.8 Å². The summed E-state index contributed by atoms with van der Waals surface area (Å²) in [5.41, 5.74) is 2.60. The molecule has 1 aliphatic carbocycles. The number of piperazine rings is 1. The molecule has 3 aromatic rings. The maximum atomic E-state index is 12.1. The number of aliphatic carboxylic acids is 1. The number of amides is 1. The number of piperidine rings is 1. The first-order valence-corrected chi connectivity index (χ1v) is 16.8. The lowest BCUT2D eigenvalue weighted by molar-refractivity contribution is -0.137. The average Bonchev–Trinajstić information content (AvgIpc) is 3.90. The first kappa shape index (κ1) is 32.5. The highest BCUT2D eigenvalue weighted by Crippen LogP contribution is 2.32. The molecule has 244 valence electrons. The molecule has 0 radical (unpaired) electrons. The van der Waals surface area contributed by atoms with E-state index in [0.29, 0.717) is 34.1 Å². The Labute approximate surface area is 279 Å². The van der Waals surface area contributed by atoms with Crippen LogP contribution in [0.15, 0.2) is 48.7 Å². The topological polar surface area (TPSA) is 111 Å². The summed E-state index contributed by atoms with van der Waals surface area (Å²) in [7, 11) is 0. The third-order valence-electron chi connectivity index (χ3n) is 8.93. The molecule has 0 atom stereocenters. The van der Waals surface area contributed by atoms with Crippen LogP contribution in [0.1, 0.15) is 37.7 Å². The van der Waals surface area contributed by atoms with Crippen molar-refractivity contribution < 1.29 is 19.4 Å². The molecule has 2 saturated heterocycles. The zero-order valence-corrected chi connectivity index (χ0v) is 27.3. The number of nitrogens with zero attached hydrogens (tertiary/aromatic N) is 5. The quantitative estimate of drug-likeness (QED) is 0.256. The number of likely N-dealkylation sites (tertiary alicyclic amines) is 1. The van der Waals surface area contributed by atoms with Crippen LogP contribution in [0.4, 0.5) is 5.82 Å². The van der Waals surface area contributed by atoms with E-state index in [1.54, 1.807) is 12.3 Å². The van der Waals surface area contributed by atoms with Crippen molar-refractivity contribution in [2.45, 2.75) is 38.6 Å². The summed E-state index contributed by atoms with van der Waals surface area (Å²) in [6.45, 7) is 7.17. The van der Waals surface area contributed by atoms with E-state index in [4.69, 9.17) is 38.0 Å². The van der Waals surface area contributed by atoms with Gasteiger partial charge in [-0.05, 0) is 86.7 Å². The summed E-state index contributed by atoms with van der Waals surface area (Å²) in [4.78, 5) is 39.2. The SMILES string of the molecule is O=C(O)CCN1CCN(c2ccc(Oc3cc(CN4CCC(CNC(=O)C5CC5)CC4)cc(-c4cc(Cl)cc(Cl)c4)n3)cn2)CC1. The maximum Gasteiger partial charge on any atom is 0.304 e. The van der Waals surface area contributed by atoms with Crippen molar-refractivity contribution in [2.24, 2.45) is 11.8 Å². The molecule has 0 spiro atoms. The van der Waals surface area contributed by atoms with Gasteiger partial charge < -0.3 is 20.1 Å². The molecule has 2 N–H and O–H groups in total. The molecule has 3 fully saturated rings. The van der Waals surface area contributed by atoms with E-state index in [2.05, 4.69) is 31.1 Å². The Bertz CT molecular complexity index is 1500. The van der Waals surface area contributed by atoms with Gasteiger partial charge in [0.2, 0.25) is 11.8 Å². The Morgan fingerprint density at radius 3 is 2.30 bits per heavy atom. The number of hydrogen-bond donors (Lipinski definition) is 2. The van der Waals surface area contributed by atoms with Gasteiger partial charge in [0.1, 0.15) is 11.6 Å². The summed E-state index contributed by atoms with van der Waals surface area (Å²) < 4.78 is 6.26. The van der Waals surface area contributed by atoms with Gasteiger partial charge in [0.25, 0.3) is 0 Å². The number of benzene rings is 1. The smallest absolute Gasteiger partial charge is 0.304 e. The normalized spacial score (nSPS) is 18.0. The molecule has 4 heterocycles.